The van der Waals surface area contributed by atoms with Crippen LogP contribution in [0.2, 0.25) is 0 Å². The lowest BCUT2D eigenvalue weighted by Gasteiger charge is -2.23. The van der Waals surface area contributed by atoms with Gasteiger partial charge in [-0.05, 0) is 18.4 Å². The molecule has 0 saturated heterocycles. The minimum absolute atomic E-state index is 0. The zero-order chi connectivity index (χ0) is 13.1. The molecule has 0 radical (unpaired) electrons. The van der Waals surface area contributed by atoms with E-state index in [0.29, 0.717) is 12.2 Å². The number of benzene rings is 1. The van der Waals surface area contributed by atoms with Gasteiger partial charge in [-0.1, -0.05) is 24.3 Å². The topological polar surface area (TPSA) is 59.2 Å². The van der Waals surface area contributed by atoms with Crippen LogP contribution in [0.15, 0.2) is 36.5 Å². The molecule has 2 N–H and O–H groups in total. The molecule has 2 rings (SSSR count). The van der Waals surface area contributed by atoms with Crippen LogP contribution in [0.1, 0.15) is 17.4 Å². The molecule has 1 heterocycles. The van der Waals surface area contributed by atoms with Gasteiger partial charge >= 0.3 is 0 Å². The Kier molecular flexibility index (Phi) is 7.50. The lowest BCUT2D eigenvalue weighted by molar-refractivity contribution is 0.0744. The fraction of sp³-hybridized carbons (Fsp3) is 0.286. The van der Waals surface area contributed by atoms with E-state index in [1.807, 2.05) is 37.3 Å². The molecule has 0 aliphatic rings. The summed E-state index contributed by atoms with van der Waals surface area (Å²) in [5.41, 5.74) is 6.07. The van der Waals surface area contributed by atoms with Gasteiger partial charge in [0.05, 0.1) is 0 Å². The molecular formula is C14H19Cl2N3O. The Morgan fingerprint density at radius 2 is 1.95 bits per heavy atom. The summed E-state index contributed by atoms with van der Waals surface area (Å²) in [6, 6.07) is 9.64. The van der Waals surface area contributed by atoms with Gasteiger partial charge in [-0.15, -0.1) is 24.8 Å². The largest absolute Gasteiger partial charge is 0.336 e. The number of fused-ring (bicyclic) bond motifs is 1. The second-order valence-electron chi connectivity index (χ2n) is 4.38. The molecule has 6 heteroatoms. The summed E-state index contributed by atoms with van der Waals surface area (Å²) < 4.78 is 0. The highest BCUT2D eigenvalue weighted by Crippen LogP contribution is 2.17. The monoisotopic (exact) mass is 315 g/mol. The molecule has 0 fully saturated rings. The number of nitrogens with zero attached hydrogens (tertiary/aromatic N) is 2. The van der Waals surface area contributed by atoms with Crippen molar-refractivity contribution in [3.8, 4) is 0 Å². The van der Waals surface area contributed by atoms with Crippen LogP contribution >= 0.6 is 24.8 Å². The standard InChI is InChI=1S/C14H17N3O.2ClH/c1-10(9-15)17(2)14(18)13-12-6-4-3-5-11(12)7-8-16-13;;/h3-8,10H,9,15H2,1-2H3;2*1H. The molecule has 1 unspecified atom stereocenters. The molecule has 110 valence electrons. The summed E-state index contributed by atoms with van der Waals surface area (Å²) in [5.74, 6) is -0.0928. The van der Waals surface area contributed by atoms with E-state index in [2.05, 4.69) is 4.98 Å². The fourth-order valence-electron chi connectivity index (χ4n) is 1.82. The van der Waals surface area contributed by atoms with Crippen molar-refractivity contribution in [2.24, 2.45) is 5.73 Å². The van der Waals surface area contributed by atoms with Crippen LogP contribution in [0.4, 0.5) is 0 Å². The van der Waals surface area contributed by atoms with Crippen LogP contribution in [0, 0.1) is 0 Å². The van der Waals surface area contributed by atoms with E-state index in [-0.39, 0.29) is 36.8 Å². The fourth-order valence-corrected chi connectivity index (χ4v) is 1.82. The Balaban J connectivity index is 0.00000180. The lowest BCUT2D eigenvalue weighted by atomic mass is 10.1. The number of likely N-dealkylation sites (N-methyl/N-ethyl adjacent to an activating group) is 1. The maximum Gasteiger partial charge on any atom is 0.273 e. The van der Waals surface area contributed by atoms with E-state index < -0.39 is 0 Å². The van der Waals surface area contributed by atoms with Crippen molar-refractivity contribution in [2.45, 2.75) is 13.0 Å². The predicted octanol–water partition coefficient (Wildman–Crippen LogP) is 2.50. The molecule has 2 aromatic rings. The third-order valence-corrected chi connectivity index (χ3v) is 3.20. The highest BCUT2D eigenvalue weighted by Gasteiger charge is 2.19. The maximum atomic E-state index is 12.4. The van der Waals surface area contributed by atoms with Crippen molar-refractivity contribution in [1.29, 1.82) is 0 Å². The molecule has 20 heavy (non-hydrogen) atoms. The van der Waals surface area contributed by atoms with Crippen molar-refractivity contribution < 1.29 is 4.79 Å². The van der Waals surface area contributed by atoms with Gasteiger partial charge in [0.2, 0.25) is 0 Å². The molecule has 1 aromatic carbocycles. The second kappa shape index (κ2) is 8.04. The van der Waals surface area contributed by atoms with Crippen LogP contribution in [0.25, 0.3) is 10.8 Å². The molecule has 1 aromatic heterocycles. The van der Waals surface area contributed by atoms with Gasteiger partial charge < -0.3 is 10.6 Å². The lowest BCUT2D eigenvalue weighted by Crippen LogP contribution is -2.40. The highest BCUT2D eigenvalue weighted by atomic mass is 35.5. The van der Waals surface area contributed by atoms with Gasteiger partial charge in [-0.25, -0.2) is 0 Å². The normalized spacial score (nSPS) is 11.2. The van der Waals surface area contributed by atoms with E-state index in [0.717, 1.165) is 10.8 Å². The van der Waals surface area contributed by atoms with Crippen molar-refractivity contribution in [1.82, 2.24) is 9.88 Å². The smallest absolute Gasteiger partial charge is 0.273 e. The van der Waals surface area contributed by atoms with E-state index in [1.54, 1.807) is 18.1 Å². The summed E-state index contributed by atoms with van der Waals surface area (Å²) in [6.07, 6.45) is 1.66. The third kappa shape index (κ3) is 3.60. The Bertz CT molecular complexity index is 572. The van der Waals surface area contributed by atoms with Crippen LogP contribution in [0.3, 0.4) is 0 Å². The zero-order valence-corrected chi connectivity index (χ0v) is 13.1. The second-order valence-corrected chi connectivity index (χ2v) is 4.38. The van der Waals surface area contributed by atoms with Crippen LogP contribution in [0.5, 0.6) is 0 Å². The Morgan fingerprint density at radius 1 is 1.30 bits per heavy atom. The number of carbonyl (C=O) groups excluding carboxylic acids is 1. The number of carbonyl (C=O) groups is 1. The van der Waals surface area contributed by atoms with Crippen LogP contribution < -0.4 is 5.73 Å². The molecule has 0 saturated carbocycles. The van der Waals surface area contributed by atoms with Crippen molar-refractivity contribution in [2.75, 3.05) is 13.6 Å². The summed E-state index contributed by atoms with van der Waals surface area (Å²) in [4.78, 5) is 18.2. The first-order valence-electron chi connectivity index (χ1n) is 5.96. The molecule has 0 bridgehead atoms. The van der Waals surface area contributed by atoms with Crippen molar-refractivity contribution >= 4 is 41.5 Å². The molecule has 0 aliphatic carbocycles. The number of pyridine rings is 1. The van der Waals surface area contributed by atoms with E-state index in [9.17, 15) is 4.79 Å². The van der Waals surface area contributed by atoms with E-state index >= 15 is 0 Å². The Labute approximate surface area is 131 Å². The minimum Gasteiger partial charge on any atom is -0.336 e. The van der Waals surface area contributed by atoms with E-state index in [1.165, 1.54) is 0 Å². The van der Waals surface area contributed by atoms with Gasteiger partial charge in [0, 0.05) is 31.2 Å². The quantitative estimate of drug-likeness (QED) is 0.946. The molecular weight excluding hydrogens is 297 g/mol. The average Bonchev–Trinajstić information content (AvgIpc) is 2.44. The first-order valence-corrected chi connectivity index (χ1v) is 5.96. The number of amides is 1. The van der Waals surface area contributed by atoms with Gasteiger partial charge in [0.15, 0.2) is 0 Å². The summed E-state index contributed by atoms with van der Waals surface area (Å²) >= 11 is 0. The number of nitrogens with two attached hydrogens (primary N) is 1. The summed E-state index contributed by atoms with van der Waals surface area (Å²) in [5, 5.41) is 1.89. The SMILES string of the molecule is CC(CN)N(C)C(=O)c1nccc2ccccc12.Cl.Cl. The Morgan fingerprint density at radius 3 is 2.60 bits per heavy atom. The van der Waals surface area contributed by atoms with E-state index in [4.69, 9.17) is 5.73 Å². The molecule has 4 nitrogen and oxygen atoms in total. The Hall–Kier alpha value is -1.36. The van der Waals surface area contributed by atoms with Crippen molar-refractivity contribution in [3.63, 3.8) is 0 Å². The number of halogens is 2. The van der Waals surface area contributed by atoms with Gasteiger partial charge in [-0.2, -0.15) is 0 Å². The first kappa shape index (κ1) is 18.6. The number of hydrogen-bond acceptors (Lipinski definition) is 3. The summed E-state index contributed by atoms with van der Waals surface area (Å²) in [6.45, 7) is 2.36. The summed E-state index contributed by atoms with van der Waals surface area (Å²) in [7, 11) is 1.75. The van der Waals surface area contributed by atoms with Gasteiger partial charge in [0.25, 0.3) is 5.91 Å². The van der Waals surface area contributed by atoms with Gasteiger partial charge in [0.1, 0.15) is 5.69 Å². The zero-order valence-electron chi connectivity index (χ0n) is 11.4. The number of rotatable bonds is 3. The minimum atomic E-state index is -0.0928. The number of aromatic nitrogens is 1. The van der Waals surface area contributed by atoms with Crippen LogP contribution in [-0.2, 0) is 0 Å². The van der Waals surface area contributed by atoms with Crippen LogP contribution in [-0.4, -0.2) is 35.4 Å². The third-order valence-electron chi connectivity index (χ3n) is 3.20. The van der Waals surface area contributed by atoms with Crippen molar-refractivity contribution in [3.05, 3.63) is 42.2 Å². The van der Waals surface area contributed by atoms with Gasteiger partial charge in [-0.3, -0.25) is 9.78 Å². The molecule has 1 atom stereocenters. The molecule has 0 spiro atoms. The highest BCUT2D eigenvalue weighted by molar-refractivity contribution is 6.05. The molecule has 1 amide bonds. The number of hydrogen-bond donors (Lipinski definition) is 1. The first-order chi connectivity index (χ1) is 8.65. The molecule has 0 aliphatic heterocycles. The predicted molar refractivity (Wildman–Crippen MR) is 86.8 cm³/mol. The average molecular weight is 316 g/mol. The maximum absolute atomic E-state index is 12.4.